The van der Waals surface area contributed by atoms with Gasteiger partial charge in [0.25, 0.3) is 0 Å². The number of phenols is 1. The van der Waals surface area contributed by atoms with E-state index in [4.69, 9.17) is 0 Å². The molecular weight excluding hydrogens is 246 g/mol. The Hall–Kier alpha value is -1.12. The van der Waals surface area contributed by atoms with Gasteiger partial charge in [0.2, 0.25) is 6.08 Å². The Morgan fingerprint density at radius 1 is 1.57 bits per heavy atom. The molecule has 1 aromatic rings. The molecule has 14 heavy (non-hydrogen) atoms. The molecule has 4 heteroatoms. The first-order valence-corrected chi connectivity index (χ1v) is 4.88. The molecule has 0 fully saturated rings. The second-order valence-corrected chi connectivity index (χ2v) is 3.84. The number of aryl methyl sites for hydroxylation is 1. The molecule has 0 heterocycles. The van der Waals surface area contributed by atoms with E-state index in [9.17, 15) is 9.90 Å². The van der Waals surface area contributed by atoms with Gasteiger partial charge in [-0.3, -0.25) is 0 Å². The van der Waals surface area contributed by atoms with Crippen LogP contribution in [-0.2, 0) is 11.3 Å². The normalized spacial score (nSPS) is 9.64. The van der Waals surface area contributed by atoms with Gasteiger partial charge in [-0.25, -0.2) is 9.79 Å². The van der Waals surface area contributed by atoms with E-state index in [-0.39, 0.29) is 12.3 Å². The summed E-state index contributed by atoms with van der Waals surface area (Å²) in [5, 5.41) is 9.69. The molecular formula is C10H10BrNO2. The molecule has 0 atom stereocenters. The zero-order chi connectivity index (χ0) is 10.7. The van der Waals surface area contributed by atoms with Gasteiger partial charge < -0.3 is 5.11 Å². The molecule has 1 aromatic carbocycles. The number of isocyanates is 1. The van der Waals surface area contributed by atoms with E-state index in [0.29, 0.717) is 10.0 Å². The molecule has 0 amide bonds. The molecule has 74 valence electrons. The number of hydrogen-bond donors (Lipinski definition) is 1. The summed E-state index contributed by atoms with van der Waals surface area (Å²) in [7, 11) is 0. The van der Waals surface area contributed by atoms with Crippen LogP contribution in [0.1, 0.15) is 16.7 Å². The van der Waals surface area contributed by atoms with Crippen LogP contribution in [0, 0.1) is 13.8 Å². The number of aromatic hydroxyl groups is 1. The second-order valence-electron chi connectivity index (χ2n) is 3.05. The number of halogens is 1. The van der Waals surface area contributed by atoms with Crippen molar-refractivity contribution >= 4 is 22.0 Å². The summed E-state index contributed by atoms with van der Waals surface area (Å²) >= 11 is 3.28. The van der Waals surface area contributed by atoms with Crippen molar-refractivity contribution in [1.29, 1.82) is 0 Å². The number of rotatable bonds is 2. The van der Waals surface area contributed by atoms with E-state index in [2.05, 4.69) is 20.9 Å². The first-order valence-electron chi connectivity index (χ1n) is 4.09. The van der Waals surface area contributed by atoms with Crippen molar-refractivity contribution in [2.24, 2.45) is 4.99 Å². The van der Waals surface area contributed by atoms with Crippen LogP contribution >= 0.6 is 15.9 Å². The Balaban J connectivity index is 3.25. The van der Waals surface area contributed by atoms with E-state index in [1.165, 1.54) is 6.08 Å². The lowest BCUT2D eigenvalue weighted by molar-refractivity contribution is 0.464. The molecule has 1 N–H and O–H groups in total. The first-order chi connectivity index (χ1) is 6.57. The highest BCUT2D eigenvalue weighted by Crippen LogP contribution is 2.33. The lowest BCUT2D eigenvalue weighted by Crippen LogP contribution is -1.90. The molecule has 0 aromatic heterocycles. The van der Waals surface area contributed by atoms with Crippen molar-refractivity contribution < 1.29 is 9.90 Å². The van der Waals surface area contributed by atoms with Crippen molar-refractivity contribution in [3.8, 4) is 5.75 Å². The van der Waals surface area contributed by atoms with Crippen LogP contribution in [0.4, 0.5) is 0 Å². The summed E-state index contributed by atoms with van der Waals surface area (Å²) in [5.41, 5.74) is 2.66. The molecule has 1 rings (SSSR count). The summed E-state index contributed by atoms with van der Waals surface area (Å²) in [6.45, 7) is 4.01. The Bertz CT molecular complexity index is 409. The van der Waals surface area contributed by atoms with Crippen LogP contribution in [0.25, 0.3) is 0 Å². The van der Waals surface area contributed by atoms with Gasteiger partial charge >= 0.3 is 0 Å². The predicted molar refractivity (Wildman–Crippen MR) is 57.1 cm³/mol. The van der Waals surface area contributed by atoms with Crippen molar-refractivity contribution in [2.45, 2.75) is 20.4 Å². The van der Waals surface area contributed by atoms with Gasteiger partial charge in [-0.2, -0.15) is 0 Å². The zero-order valence-electron chi connectivity index (χ0n) is 7.97. The fraction of sp³-hybridized carbons (Fsp3) is 0.300. The topological polar surface area (TPSA) is 49.7 Å². The van der Waals surface area contributed by atoms with Crippen LogP contribution in [0.3, 0.4) is 0 Å². The first kappa shape index (κ1) is 11.0. The van der Waals surface area contributed by atoms with E-state index >= 15 is 0 Å². The SMILES string of the molecule is Cc1cc(CN=C=O)c(O)c(Br)c1C. The molecule has 0 aliphatic heterocycles. The third kappa shape index (κ3) is 2.03. The summed E-state index contributed by atoms with van der Waals surface area (Å²) in [5.74, 6) is 0.145. The lowest BCUT2D eigenvalue weighted by Gasteiger charge is -2.09. The molecule has 0 aliphatic carbocycles. The van der Waals surface area contributed by atoms with Gasteiger partial charge in [0.15, 0.2) is 0 Å². The third-order valence-electron chi connectivity index (χ3n) is 2.14. The molecule has 0 saturated carbocycles. The monoisotopic (exact) mass is 255 g/mol. The van der Waals surface area contributed by atoms with E-state index in [1.807, 2.05) is 19.9 Å². The van der Waals surface area contributed by atoms with E-state index in [1.54, 1.807) is 0 Å². The molecule has 0 unspecified atom stereocenters. The minimum Gasteiger partial charge on any atom is -0.506 e. The smallest absolute Gasteiger partial charge is 0.235 e. The minimum atomic E-state index is 0.145. The number of aliphatic imine (C=N–C) groups is 1. The van der Waals surface area contributed by atoms with E-state index in [0.717, 1.165) is 11.1 Å². The summed E-state index contributed by atoms with van der Waals surface area (Å²) < 4.78 is 0.661. The Morgan fingerprint density at radius 2 is 2.21 bits per heavy atom. The Labute approximate surface area is 90.6 Å². The van der Waals surface area contributed by atoms with Gasteiger partial charge in [-0.1, -0.05) is 6.07 Å². The number of phenolic OH excluding ortho intramolecular Hbond substituents is 1. The fourth-order valence-electron chi connectivity index (χ4n) is 1.17. The van der Waals surface area contributed by atoms with Gasteiger partial charge in [-0.05, 0) is 40.9 Å². The van der Waals surface area contributed by atoms with Crippen molar-refractivity contribution in [1.82, 2.24) is 0 Å². The molecule has 0 aliphatic rings. The Morgan fingerprint density at radius 3 is 2.79 bits per heavy atom. The quantitative estimate of drug-likeness (QED) is 0.653. The number of carbonyl (C=O) groups excluding carboxylic acids is 1. The maximum Gasteiger partial charge on any atom is 0.235 e. The number of nitrogens with zero attached hydrogens (tertiary/aromatic N) is 1. The molecule has 0 radical (unpaired) electrons. The predicted octanol–water partition coefficient (Wildman–Crippen LogP) is 2.61. The molecule has 0 saturated heterocycles. The summed E-state index contributed by atoms with van der Waals surface area (Å²) in [6, 6.07) is 1.82. The molecule has 0 bridgehead atoms. The number of hydrogen-bond acceptors (Lipinski definition) is 3. The van der Waals surface area contributed by atoms with Crippen LogP contribution in [0.15, 0.2) is 15.5 Å². The van der Waals surface area contributed by atoms with Crippen molar-refractivity contribution in [3.63, 3.8) is 0 Å². The fourth-order valence-corrected chi connectivity index (χ4v) is 1.73. The lowest BCUT2D eigenvalue weighted by atomic mass is 10.1. The highest BCUT2D eigenvalue weighted by Gasteiger charge is 2.09. The number of benzene rings is 1. The van der Waals surface area contributed by atoms with Crippen molar-refractivity contribution in [2.75, 3.05) is 0 Å². The third-order valence-corrected chi connectivity index (χ3v) is 3.11. The molecule has 0 spiro atoms. The average molecular weight is 256 g/mol. The minimum absolute atomic E-state index is 0.145. The average Bonchev–Trinajstić information content (AvgIpc) is 2.18. The van der Waals surface area contributed by atoms with Gasteiger partial charge in [-0.15, -0.1) is 0 Å². The highest BCUT2D eigenvalue weighted by atomic mass is 79.9. The van der Waals surface area contributed by atoms with Gasteiger partial charge in [0, 0.05) is 5.56 Å². The summed E-state index contributed by atoms with van der Waals surface area (Å²) in [6.07, 6.45) is 1.45. The molecule has 3 nitrogen and oxygen atoms in total. The van der Waals surface area contributed by atoms with Gasteiger partial charge in [0.1, 0.15) is 5.75 Å². The van der Waals surface area contributed by atoms with Gasteiger partial charge in [0.05, 0.1) is 11.0 Å². The van der Waals surface area contributed by atoms with Crippen LogP contribution in [0.5, 0.6) is 5.75 Å². The second kappa shape index (κ2) is 4.40. The van der Waals surface area contributed by atoms with Crippen molar-refractivity contribution in [3.05, 3.63) is 27.2 Å². The Kier molecular flexibility index (Phi) is 3.44. The zero-order valence-corrected chi connectivity index (χ0v) is 9.55. The van der Waals surface area contributed by atoms with Crippen LogP contribution in [-0.4, -0.2) is 11.2 Å². The standard InChI is InChI=1S/C10H10BrNO2/c1-6-3-8(4-12-5-13)10(14)9(11)7(6)2/h3,14H,4H2,1-2H3. The maximum atomic E-state index is 9.94. The van der Waals surface area contributed by atoms with Crippen LogP contribution in [0.2, 0.25) is 0 Å². The maximum absolute atomic E-state index is 9.94. The van der Waals surface area contributed by atoms with E-state index < -0.39 is 0 Å². The largest absolute Gasteiger partial charge is 0.506 e. The van der Waals surface area contributed by atoms with Crippen LogP contribution < -0.4 is 0 Å². The summed E-state index contributed by atoms with van der Waals surface area (Å²) in [4.78, 5) is 13.4. The highest BCUT2D eigenvalue weighted by molar-refractivity contribution is 9.10.